The summed E-state index contributed by atoms with van der Waals surface area (Å²) in [5, 5.41) is 2.53. The number of nitrogens with zero attached hydrogens (tertiary/aromatic N) is 1. The first kappa shape index (κ1) is 16.5. The summed E-state index contributed by atoms with van der Waals surface area (Å²) in [6.45, 7) is 0. The molecule has 1 heterocycles. The molecule has 1 aromatic rings. The average Bonchev–Trinajstić information content (AvgIpc) is 2.80. The van der Waals surface area contributed by atoms with Gasteiger partial charge in [0, 0.05) is 19.0 Å². The fourth-order valence-electron chi connectivity index (χ4n) is 1.90. The lowest BCUT2D eigenvalue weighted by Gasteiger charge is -2.34. The van der Waals surface area contributed by atoms with Crippen molar-refractivity contribution in [2.45, 2.75) is 11.1 Å². The molecule has 0 saturated carbocycles. The third kappa shape index (κ3) is 3.29. The fraction of sp³-hybridized carbons (Fsp3) is 0.385. The lowest BCUT2D eigenvalue weighted by Crippen LogP contribution is -2.26. The molecule has 0 aliphatic carbocycles. The third-order valence-corrected chi connectivity index (χ3v) is 5.97. The van der Waals surface area contributed by atoms with Gasteiger partial charge in [-0.3, -0.25) is 4.79 Å². The minimum Gasteiger partial charge on any atom is -0.392 e. The molecule has 0 radical (unpaired) electrons. The first-order chi connectivity index (χ1) is 10.1. The van der Waals surface area contributed by atoms with Crippen molar-refractivity contribution in [2.24, 2.45) is 0 Å². The standard InChI is InChI=1S/C13H15F3N2O3S/c1-18(2)12(20)21-22(7-11(19)17-8-22)10-5-3-4-9(6-10)13(14,15)16/h3-6H,7-8H2,1-2H3,(H,17,19). The van der Waals surface area contributed by atoms with Crippen molar-refractivity contribution in [1.29, 1.82) is 0 Å². The molecule has 5 nitrogen and oxygen atoms in total. The first-order valence-corrected chi connectivity index (χ1v) is 8.17. The summed E-state index contributed by atoms with van der Waals surface area (Å²) in [5.74, 6) is -0.459. The van der Waals surface area contributed by atoms with E-state index >= 15 is 0 Å². The number of hydrogen-bond acceptors (Lipinski definition) is 3. The van der Waals surface area contributed by atoms with E-state index in [0.29, 0.717) is 0 Å². The molecule has 1 saturated heterocycles. The Bertz CT molecular complexity index is 606. The Balaban J connectivity index is 2.42. The van der Waals surface area contributed by atoms with Crippen molar-refractivity contribution in [3.05, 3.63) is 29.8 Å². The molecule has 9 heteroatoms. The highest BCUT2D eigenvalue weighted by molar-refractivity contribution is 8.31. The van der Waals surface area contributed by atoms with Crippen LogP contribution >= 0.6 is 10.3 Å². The molecule has 1 N–H and O–H groups in total. The van der Waals surface area contributed by atoms with Crippen LogP contribution in [-0.4, -0.2) is 42.6 Å². The van der Waals surface area contributed by atoms with Gasteiger partial charge in [0.25, 0.3) is 0 Å². The van der Waals surface area contributed by atoms with Crippen LogP contribution in [0.25, 0.3) is 0 Å². The fourth-order valence-corrected chi connectivity index (χ4v) is 4.56. The summed E-state index contributed by atoms with van der Waals surface area (Å²) in [6.07, 6.45) is -5.19. The highest BCUT2D eigenvalue weighted by Gasteiger charge is 2.41. The Morgan fingerprint density at radius 1 is 1.36 bits per heavy atom. The topological polar surface area (TPSA) is 58.6 Å². The predicted molar refractivity (Wildman–Crippen MR) is 75.3 cm³/mol. The van der Waals surface area contributed by atoms with Crippen LogP contribution in [0.4, 0.5) is 18.0 Å². The van der Waals surface area contributed by atoms with Crippen LogP contribution in [0.5, 0.6) is 0 Å². The maximum atomic E-state index is 12.9. The number of carbonyl (C=O) groups excluding carboxylic acids is 2. The Labute approximate surface area is 126 Å². The van der Waals surface area contributed by atoms with Crippen LogP contribution in [0.1, 0.15) is 5.56 Å². The smallest absolute Gasteiger partial charge is 0.392 e. The second-order valence-electron chi connectivity index (χ2n) is 4.97. The second kappa shape index (κ2) is 5.71. The monoisotopic (exact) mass is 336 g/mol. The SMILES string of the molecule is CN(C)C(=O)OS1(c2cccc(C(F)(F)F)c2)CNC(=O)C1. The zero-order valence-corrected chi connectivity index (χ0v) is 12.8. The molecule has 1 aliphatic heterocycles. The van der Waals surface area contributed by atoms with E-state index in [9.17, 15) is 22.8 Å². The molecule has 0 bridgehead atoms. The normalized spacial score (nSPS) is 24.3. The molecular formula is C13H15F3N2O3S. The van der Waals surface area contributed by atoms with Gasteiger partial charge in [-0.05, 0) is 28.5 Å². The number of halogens is 3. The van der Waals surface area contributed by atoms with Crippen LogP contribution in [0.3, 0.4) is 0 Å². The maximum absolute atomic E-state index is 12.9. The molecule has 122 valence electrons. The number of hydrogen-bond donors (Lipinski definition) is 1. The molecule has 2 rings (SSSR count). The van der Waals surface area contributed by atoms with Gasteiger partial charge < -0.3 is 14.4 Å². The summed E-state index contributed by atoms with van der Waals surface area (Å²) < 4.78 is 44.0. The average molecular weight is 336 g/mol. The molecule has 1 aliphatic rings. The molecule has 1 atom stereocenters. The van der Waals surface area contributed by atoms with Crippen LogP contribution in [0, 0.1) is 0 Å². The molecule has 1 fully saturated rings. The van der Waals surface area contributed by atoms with Crippen molar-refractivity contribution in [3.63, 3.8) is 0 Å². The molecule has 0 spiro atoms. The predicted octanol–water partition coefficient (Wildman–Crippen LogP) is 2.57. The van der Waals surface area contributed by atoms with E-state index < -0.39 is 28.1 Å². The van der Waals surface area contributed by atoms with Crippen LogP contribution in [0.2, 0.25) is 0 Å². The van der Waals surface area contributed by atoms with E-state index in [0.717, 1.165) is 12.1 Å². The van der Waals surface area contributed by atoms with E-state index in [2.05, 4.69) is 5.32 Å². The Morgan fingerprint density at radius 2 is 2.05 bits per heavy atom. The van der Waals surface area contributed by atoms with Gasteiger partial charge in [-0.1, -0.05) is 6.07 Å². The second-order valence-corrected chi connectivity index (χ2v) is 7.81. The number of amides is 2. The first-order valence-electron chi connectivity index (χ1n) is 6.27. The number of rotatable bonds is 2. The maximum Gasteiger partial charge on any atom is 0.420 e. The van der Waals surface area contributed by atoms with Crippen molar-refractivity contribution in [1.82, 2.24) is 10.2 Å². The van der Waals surface area contributed by atoms with Gasteiger partial charge in [0.15, 0.2) is 0 Å². The molecule has 0 aromatic heterocycles. The number of carbonyl (C=O) groups is 2. The Morgan fingerprint density at radius 3 is 2.55 bits per heavy atom. The third-order valence-electron chi connectivity index (χ3n) is 3.05. The van der Waals surface area contributed by atoms with Gasteiger partial charge in [-0.25, -0.2) is 4.79 Å². The van der Waals surface area contributed by atoms with Crippen molar-refractivity contribution in [2.75, 3.05) is 25.7 Å². The summed E-state index contributed by atoms with van der Waals surface area (Å²) in [6, 6.07) is 4.58. The Kier molecular flexibility index (Phi) is 4.28. The zero-order chi connectivity index (χ0) is 16.5. The summed E-state index contributed by atoms with van der Waals surface area (Å²) in [7, 11) is 0.460. The quantitative estimate of drug-likeness (QED) is 0.903. The van der Waals surface area contributed by atoms with Crippen molar-refractivity contribution >= 4 is 22.3 Å². The van der Waals surface area contributed by atoms with Crippen LogP contribution < -0.4 is 5.32 Å². The number of benzene rings is 1. The van der Waals surface area contributed by atoms with E-state index in [-0.39, 0.29) is 22.4 Å². The van der Waals surface area contributed by atoms with Gasteiger partial charge in [-0.15, -0.1) is 0 Å². The Hall–Kier alpha value is -1.90. The molecule has 1 aromatic carbocycles. The minimum absolute atomic E-state index is 0.0206. The van der Waals surface area contributed by atoms with Crippen molar-refractivity contribution in [3.8, 4) is 0 Å². The van der Waals surface area contributed by atoms with E-state index in [1.54, 1.807) is 0 Å². The largest absolute Gasteiger partial charge is 0.420 e. The van der Waals surface area contributed by atoms with Crippen LogP contribution in [-0.2, 0) is 15.2 Å². The van der Waals surface area contributed by atoms with Gasteiger partial charge >= 0.3 is 12.3 Å². The van der Waals surface area contributed by atoms with Gasteiger partial charge in [0.1, 0.15) is 0 Å². The number of nitrogens with one attached hydrogen (secondary N) is 1. The molecule has 2 amide bonds. The van der Waals surface area contributed by atoms with Gasteiger partial charge in [0.05, 0.1) is 17.2 Å². The summed E-state index contributed by atoms with van der Waals surface area (Å²) >= 11 is 0. The van der Waals surface area contributed by atoms with Gasteiger partial charge in [-0.2, -0.15) is 13.2 Å². The highest BCUT2D eigenvalue weighted by atomic mass is 32.3. The van der Waals surface area contributed by atoms with E-state index in [1.165, 1.54) is 31.1 Å². The summed E-state index contributed by atoms with van der Waals surface area (Å²) in [5.41, 5.74) is -0.836. The van der Waals surface area contributed by atoms with Crippen LogP contribution in [0.15, 0.2) is 29.2 Å². The molecule has 1 unspecified atom stereocenters. The molecular weight excluding hydrogens is 321 g/mol. The van der Waals surface area contributed by atoms with Gasteiger partial charge in [0.2, 0.25) is 5.91 Å². The molecule has 22 heavy (non-hydrogen) atoms. The zero-order valence-electron chi connectivity index (χ0n) is 11.9. The van der Waals surface area contributed by atoms with Crippen molar-refractivity contribution < 1.29 is 26.9 Å². The minimum atomic E-state index is -4.50. The van der Waals surface area contributed by atoms with E-state index in [1.807, 2.05) is 0 Å². The lowest BCUT2D eigenvalue weighted by atomic mass is 10.2. The number of alkyl halides is 3. The highest BCUT2D eigenvalue weighted by Crippen LogP contribution is 2.58. The lowest BCUT2D eigenvalue weighted by molar-refractivity contribution is -0.137. The van der Waals surface area contributed by atoms with E-state index in [4.69, 9.17) is 4.18 Å². The summed E-state index contributed by atoms with van der Waals surface area (Å²) in [4.78, 5) is 24.8.